The summed E-state index contributed by atoms with van der Waals surface area (Å²) in [6.45, 7) is 0. The Morgan fingerprint density at radius 1 is 1.38 bits per heavy atom. The van der Waals surface area contributed by atoms with Gasteiger partial charge in [0.15, 0.2) is 0 Å². The number of nitrogens with one attached hydrogen (secondary N) is 1. The van der Waals surface area contributed by atoms with E-state index in [0.29, 0.717) is 0 Å². The Kier molecular flexibility index (Phi) is 1.90. The van der Waals surface area contributed by atoms with E-state index < -0.39 is 6.03 Å². The summed E-state index contributed by atoms with van der Waals surface area (Å²) < 4.78 is 1.14. The molecule has 0 saturated heterocycles. The molecular formula is C9H8N2OS. The number of urea groups is 1. The molecule has 3 nitrogen and oxygen atoms in total. The van der Waals surface area contributed by atoms with Crippen LogP contribution in [-0.2, 0) is 0 Å². The van der Waals surface area contributed by atoms with Crippen molar-refractivity contribution < 1.29 is 4.79 Å². The zero-order valence-corrected chi connectivity index (χ0v) is 7.60. The molecule has 2 amide bonds. The van der Waals surface area contributed by atoms with Gasteiger partial charge in [0.1, 0.15) is 0 Å². The predicted octanol–water partition coefficient (Wildman–Crippen LogP) is 2.39. The minimum Gasteiger partial charge on any atom is -0.351 e. The van der Waals surface area contributed by atoms with E-state index in [4.69, 9.17) is 5.73 Å². The molecule has 66 valence electrons. The first-order valence-corrected chi connectivity index (χ1v) is 4.68. The summed E-state index contributed by atoms with van der Waals surface area (Å²) in [7, 11) is 0. The van der Waals surface area contributed by atoms with Crippen molar-refractivity contribution in [1.82, 2.24) is 0 Å². The van der Waals surface area contributed by atoms with Crippen LogP contribution >= 0.6 is 11.3 Å². The molecule has 0 bridgehead atoms. The van der Waals surface area contributed by atoms with Gasteiger partial charge in [0.25, 0.3) is 0 Å². The molecule has 0 aliphatic rings. The van der Waals surface area contributed by atoms with Crippen LogP contribution in [-0.4, -0.2) is 6.03 Å². The second-order valence-corrected chi connectivity index (χ2v) is 3.55. The first-order chi connectivity index (χ1) is 6.27. The maximum Gasteiger partial charge on any atom is 0.316 e. The number of rotatable bonds is 1. The van der Waals surface area contributed by atoms with Crippen LogP contribution in [0.15, 0.2) is 29.6 Å². The van der Waals surface area contributed by atoms with Crippen molar-refractivity contribution in [3.8, 4) is 0 Å². The highest BCUT2D eigenvalue weighted by Gasteiger charge is 2.03. The molecule has 4 heteroatoms. The highest BCUT2D eigenvalue weighted by molar-refractivity contribution is 7.17. The molecule has 0 radical (unpaired) electrons. The van der Waals surface area contributed by atoms with Crippen molar-refractivity contribution in [2.24, 2.45) is 5.73 Å². The molecule has 0 fully saturated rings. The first kappa shape index (κ1) is 8.07. The molecule has 13 heavy (non-hydrogen) atoms. The largest absolute Gasteiger partial charge is 0.351 e. The van der Waals surface area contributed by atoms with E-state index in [1.807, 2.05) is 29.6 Å². The van der Waals surface area contributed by atoms with Gasteiger partial charge in [-0.15, -0.1) is 11.3 Å². The summed E-state index contributed by atoms with van der Waals surface area (Å²) in [4.78, 5) is 10.6. The van der Waals surface area contributed by atoms with E-state index in [-0.39, 0.29) is 0 Å². The number of amides is 2. The molecule has 1 heterocycles. The zero-order chi connectivity index (χ0) is 9.26. The Morgan fingerprint density at radius 3 is 2.92 bits per heavy atom. The third-order valence-corrected chi connectivity index (χ3v) is 2.70. The molecular weight excluding hydrogens is 184 g/mol. The molecule has 0 unspecified atom stereocenters. The van der Waals surface area contributed by atoms with Crippen LogP contribution in [0.4, 0.5) is 10.5 Å². The first-order valence-electron chi connectivity index (χ1n) is 3.80. The molecule has 2 rings (SSSR count). The van der Waals surface area contributed by atoms with Crippen LogP contribution in [0.5, 0.6) is 0 Å². The summed E-state index contributed by atoms with van der Waals surface area (Å²) in [5, 5.41) is 5.50. The number of fused-ring (bicyclic) bond motifs is 1. The lowest BCUT2D eigenvalue weighted by Gasteiger charge is -1.97. The minimum atomic E-state index is -0.524. The van der Waals surface area contributed by atoms with Crippen molar-refractivity contribution in [3.63, 3.8) is 0 Å². The monoisotopic (exact) mass is 192 g/mol. The van der Waals surface area contributed by atoms with Crippen LogP contribution in [0.25, 0.3) is 10.1 Å². The van der Waals surface area contributed by atoms with Crippen LogP contribution in [0.2, 0.25) is 0 Å². The third kappa shape index (κ3) is 1.48. The van der Waals surface area contributed by atoms with Gasteiger partial charge < -0.3 is 11.1 Å². The number of hydrogen-bond acceptors (Lipinski definition) is 2. The van der Waals surface area contributed by atoms with Crippen LogP contribution in [0, 0.1) is 0 Å². The second-order valence-electron chi connectivity index (χ2n) is 2.63. The molecule has 3 N–H and O–H groups in total. The van der Waals surface area contributed by atoms with Gasteiger partial charge in [-0.05, 0) is 6.07 Å². The smallest absolute Gasteiger partial charge is 0.316 e. The van der Waals surface area contributed by atoms with Gasteiger partial charge in [-0.25, -0.2) is 4.79 Å². The standard InChI is InChI=1S/C9H8N2OS/c10-9(12)11-7-5-13-8-4-2-1-3-6(7)8/h1-5H,(H3,10,11,12). The Morgan fingerprint density at radius 2 is 2.15 bits per heavy atom. The SMILES string of the molecule is NC(=O)Nc1csc2ccccc12. The van der Waals surface area contributed by atoms with Gasteiger partial charge in [0, 0.05) is 15.5 Å². The third-order valence-electron chi connectivity index (χ3n) is 1.74. The number of hydrogen-bond donors (Lipinski definition) is 2. The number of thiophene rings is 1. The summed E-state index contributed by atoms with van der Waals surface area (Å²) in [6, 6.07) is 7.33. The predicted molar refractivity (Wildman–Crippen MR) is 55.0 cm³/mol. The molecule has 0 aliphatic heterocycles. The summed E-state index contributed by atoms with van der Waals surface area (Å²) in [5.74, 6) is 0. The summed E-state index contributed by atoms with van der Waals surface area (Å²) >= 11 is 1.59. The van der Waals surface area contributed by atoms with Crippen LogP contribution < -0.4 is 11.1 Å². The lowest BCUT2D eigenvalue weighted by Crippen LogP contribution is -2.18. The number of carbonyl (C=O) groups excluding carboxylic acids is 1. The Hall–Kier alpha value is -1.55. The second kappa shape index (κ2) is 3.06. The summed E-state index contributed by atoms with van der Waals surface area (Å²) in [5.41, 5.74) is 5.81. The van der Waals surface area contributed by atoms with Crippen molar-refractivity contribution >= 4 is 33.1 Å². The van der Waals surface area contributed by atoms with E-state index >= 15 is 0 Å². The maximum absolute atomic E-state index is 10.6. The maximum atomic E-state index is 10.6. The number of benzene rings is 1. The normalized spacial score (nSPS) is 10.2. The number of anilines is 1. The van der Waals surface area contributed by atoms with Gasteiger partial charge in [-0.2, -0.15) is 0 Å². The van der Waals surface area contributed by atoms with Gasteiger partial charge in [0.2, 0.25) is 0 Å². The zero-order valence-electron chi connectivity index (χ0n) is 6.78. The van der Waals surface area contributed by atoms with Crippen molar-refractivity contribution in [2.75, 3.05) is 5.32 Å². The average molecular weight is 192 g/mol. The van der Waals surface area contributed by atoms with Crippen LogP contribution in [0.3, 0.4) is 0 Å². The Bertz CT molecular complexity index is 450. The van der Waals surface area contributed by atoms with E-state index in [1.54, 1.807) is 11.3 Å². The van der Waals surface area contributed by atoms with Crippen LogP contribution in [0.1, 0.15) is 0 Å². The minimum absolute atomic E-state index is 0.524. The van der Waals surface area contributed by atoms with Gasteiger partial charge >= 0.3 is 6.03 Å². The fourth-order valence-corrected chi connectivity index (χ4v) is 2.10. The molecule has 1 aromatic carbocycles. The molecule has 0 spiro atoms. The van der Waals surface area contributed by atoms with Gasteiger partial charge in [0.05, 0.1) is 5.69 Å². The van der Waals surface area contributed by atoms with Crippen molar-refractivity contribution in [2.45, 2.75) is 0 Å². The highest BCUT2D eigenvalue weighted by atomic mass is 32.1. The topological polar surface area (TPSA) is 55.1 Å². The number of carbonyl (C=O) groups is 1. The molecule has 0 atom stereocenters. The molecule has 0 aliphatic carbocycles. The number of nitrogens with two attached hydrogens (primary N) is 1. The average Bonchev–Trinajstić information content (AvgIpc) is 2.48. The van der Waals surface area contributed by atoms with Gasteiger partial charge in [-0.1, -0.05) is 18.2 Å². The Balaban J connectivity index is 2.51. The lowest BCUT2D eigenvalue weighted by molar-refractivity contribution is 0.259. The van der Waals surface area contributed by atoms with E-state index in [9.17, 15) is 4.79 Å². The fourth-order valence-electron chi connectivity index (χ4n) is 1.21. The van der Waals surface area contributed by atoms with E-state index in [0.717, 1.165) is 15.8 Å². The van der Waals surface area contributed by atoms with Crippen molar-refractivity contribution in [1.29, 1.82) is 0 Å². The van der Waals surface area contributed by atoms with E-state index in [1.165, 1.54) is 0 Å². The quantitative estimate of drug-likeness (QED) is 0.716. The molecule has 2 aromatic rings. The number of primary amides is 1. The Labute approximate surface area is 79.2 Å². The highest BCUT2D eigenvalue weighted by Crippen LogP contribution is 2.29. The summed E-state index contributed by atoms with van der Waals surface area (Å²) in [6.07, 6.45) is 0. The van der Waals surface area contributed by atoms with Gasteiger partial charge in [-0.3, -0.25) is 0 Å². The lowest BCUT2D eigenvalue weighted by atomic mass is 10.2. The molecule has 1 aromatic heterocycles. The fraction of sp³-hybridized carbons (Fsp3) is 0. The van der Waals surface area contributed by atoms with E-state index in [2.05, 4.69) is 5.32 Å². The molecule has 0 saturated carbocycles. The van der Waals surface area contributed by atoms with Crippen molar-refractivity contribution in [3.05, 3.63) is 29.6 Å².